The number of halogens is 2. The number of nitrogens with zero attached hydrogens (tertiary/aromatic N) is 2. The zero-order valence-electron chi connectivity index (χ0n) is 11.1. The predicted molar refractivity (Wildman–Crippen MR) is 79.6 cm³/mol. The molecule has 0 amide bonds. The summed E-state index contributed by atoms with van der Waals surface area (Å²) < 4.78 is 0. The first kappa shape index (κ1) is 13.7. The maximum atomic E-state index is 6.19. The van der Waals surface area contributed by atoms with Gasteiger partial charge in [-0.1, -0.05) is 42.1 Å². The van der Waals surface area contributed by atoms with Gasteiger partial charge in [-0.05, 0) is 44.2 Å². The second kappa shape index (κ2) is 5.99. The van der Waals surface area contributed by atoms with Gasteiger partial charge in [0.2, 0.25) is 0 Å². The van der Waals surface area contributed by atoms with Crippen LogP contribution in [0.2, 0.25) is 10.3 Å². The zero-order valence-corrected chi connectivity index (χ0v) is 12.6. The molecule has 0 radical (unpaired) electrons. The number of rotatable bonds is 3. The molecule has 1 atom stereocenters. The molecular weight excluding hydrogens is 279 g/mol. The number of hydrogen-bond acceptors (Lipinski definition) is 2. The molecule has 2 aliphatic rings. The number of aromatic nitrogens is 1. The SMILES string of the molecule is Clc1ccc(CN2CCCC2C2CCCC2)c(Cl)n1. The number of likely N-dealkylation sites (tertiary alicyclic amines) is 1. The third kappa shape index (κ3) is 3.07. The van der Waals surface area contributed by atoms with Crippen LogP contribution in [0.1, 0.15) is 44.1 Å². The van der Waals surface area contributed by atoms with Gasteiger partial charge < -0.3 is 0 Å². The lowest BCUT2D eigenvalue weighted by Crippen LogP contribution is -2.34. The fourth-order valence-electron chi connectivity index (χ4n) is 3.70. The van der Waals surface area contributed by atoms with Crippen molar-refractivity contribution in [3.8, 4) is 0 Å². The quantitative estimate of drug-likeness (QED) is 0.762. The molecule has 0 spiro atoms. The molecule has 104 valence electrons. The number of hydrogen-bond donors (Lipinski definition) is 0. The summed E-state index contributed by atoms with van der Waals surface area (Å²) in [6.07, 6.45) is 8.32. The van der Waals surface area contributed by atoms with Crippen molar-refractivity contribution in [2.75, 3.05) is 6.54 Å². The second-order valence-corrected chi connectivity index (χ2v) is 6.55. The van der Waals surface area contributed by atoms with Crippen LogP contribution >= 0.6 is 23.2 Å². The summed E-state index contributed by atoms with van der Waals surface area (Å²) in [5.74, 6) is 0.904. The van der Waals surface area contributed by atoms with Gasteiger partial charge in [0.05, 0.1) is 0 Å². The molecule has 0 N–H and O–H groups in total. The van der Waals surface area contributed by atoms with E-state index in [2.05, 4.69) is 9.88 Å². The molecule has 19 heavy (non-hydrogen) atoms. The Kier molecular flexibility index (Phi) is 4.30. The highest BCUT2D eigenvalue weighted by Gasteiger charge is 2.33. The van der Waals surface area contributed by atoms with Crippen molar-refractivity contribution >= 4 is 23.2 Å². The Morgan fingerprint density at radius 2 is 1.89 bits per heavy atom. The maximum absolute atomic E-state index is 6.19. The Balaban J connectivity index is 1.70. The smallest absolute Gasteiger partial charge is 0.135 e. The Morgan fingerprint density at radius 3 is 2.63 bits per heavy atom. The van der Waals surface area contributed by atoms with Crippen molar-refractivity contribution in [3.63, 3.8) is 0 Å². The molecule has 0 bridgehead atoms. The summed E-state index contributed by atoms with van der Waals surface area (Å²) in [6.45, 7) is 2.12. The maximum Gasteiger partial charge on any atom is 0.135 e. The van der Waals surface area contributed by atoms with Crippen molar-refractivity contribution < 1.29 is 0 Å². The molecule has 1 aromatic rings. The van der Waals surface area contributed by atoms with Gasteiger partial charge in [-0.2, -0.15) is 0 Å². The minimum absolute atomic E-state index is 0.475. The lowest BCUT2D eigenvalue weighted by atomic mass is 9.96. The Morgan fingerprint density at radius 1 is 1.11 bits per heavy atom. The van der Waals surface area contributed by atoms with Gasteiger partial charge in [0.25, 0.3) is 0 Å². The van der Waals surface area contributed by atoms with Gasteiger partial charge in [0, 0.05) is 18.2 Å². The van der Waals surface area contributed by atoms with E-state index >= 15 is 0 Å². The average molecular weight is 299 g/mol. The lowest BCUT2D eigenvalue weighted by molar-refractivity contribution is 0.183. The van der Waals surface area contributed by atoms with Gasteiger partial charge in [-0.3, -0.25) is 4.90 Å². The Bertz CT molecular complexity index is 444. The molecule has 1 aromatic heterocycles. The summed E-state index contributed by atoms with van der Waals surface area (Å²) >= 11 is 12.0. The molecule has 0 aromatic carbocycles. The Hall–Kier alpha value is -0.310. The van der Waals surface area contributed by atoms with Gasteiger partial charge in [-0.25, -0.2) is 4.98 Å². The molecule has 1 saturated heterocycles. The molecular formula is C15H20Cl2N2. The lowest BCUT2D eigenvalue weighted by Gasteiger charge is -2.29. The first-order valence-electron chi connectivity index (χ1n) is 7.29. The van der Waals surface area contributed by atoms with E-state index in [0.717, 1.165) is 24.1 Å². The minimum Gasteiger partial charge on any atom is -0.296 e. The highest BCUT2D eigenvalue weighted by atomic mass is 35.5. The van der Waals surface area contributed by atoms with Crippen molar-refractivity contribution in [3.05, 3.63) is 28.0 Å². The van der Waals surface area contributed by atoms with E-state index in [9.17, 15) is 0 Å². The van der Waals surface area contributed by atoms with Crippen LogP contribution in [0.3, 0.4) is 0 Å². The molecule has 3 rings (SSSR count). The largest absolute Gasteiger partial charge is 0.296 e. The van der Waals surface area contributed by atoms with E-state index < -0.39 is 0 Å². The average Bonchev–Trinajstić information content (AvgIpc) is 3.03. The molecule has 1 aliphatic carbocycles. The van der Waals surface area contributed by atoms with E-state index in [1.807, 2.05) is 12.1 Å². The summed E-state index contributed by atoms with van der Waals surface area (Å²) in [5, 5.41) is 1.03. The normalized spacial score (nSPS) is 25.3. The zero-order chi connectivity index (χ0) is 13.2. The second-order valence-electron chi connectivity index (χ2n) is 5.81. The number of pyridine rings is 1. The highest BCUT2D eigenvalue weighted by Crippen LogP contribution is 2.36. The van der Waals surface area contributed by atoms with E-state index in [0.29, 0.717) is 10.3 Å². The third-order valence-corrected chi connectivity index (χ3v) is 5.16. The molecule has 1 saturated carbocycles. The van der Waals surface area contributed by atoms with Crippen LogP contribution in [0.5, 0.6) is 0 Å². The summed E-state index contributed by atoms with van der Waals surface area (Å²) in [4.78, 5) is 6.75. The Labute approximate surface area is 125 Å². The van der Waals surface area contributed by atoms with Crippen molar-refractivity contribution in [1.29, 1.82) is 0 Å². The van der Waals surface area contributed by atoms with Crippen LogP contribution in [-0.4, -0.2) is 22.5 Å². The fourth-order valence-corrected chi connectivity index (χ4v) is 4.11. The highest BCUT2D eigenvalue weighted by molar-refractivity contribution is 6.32. The third-order valence-electron chi connectivity index (χ3n) is 4.62. The van der Waals surface area contributed by atoms with Crippen LogP contribution in [0.15, 0.2) is 12.1 Å². The van der Waals surface area contributed by atoms with E-state index in [1.165, 1.54) is 45.1 Å². The molecule has 1 aliphatic heterocycles. The molecule has 1 unspecified atom stereocenters. The van der Waals surface area contributed by atoms with E-state index in [1.54, 1.807) is 0 Å². The first-order valence-corrected chi connectivity index (χ1v) is 8.04. The summed E-state index contributed by atoms with van der Waals surface area (Å²) in [5.41, 5.74) is 1.11. The van der Waals surface area contributed by atoms with Gasteiger partial charge in [-0.15, -0.1) is 0 Å². The van der Waals surface area contributed by atoms with Crippen LogP contribution in [0.4, 0.5) is 0 Å². The van der Waals surface area contributed by atoms with Crippen LogP contribution in [0.25, 0.3) is 0 Å². The molecule has 2 fully saturated rings. The summed E-state index contributed by atoms with van der Waals surface area (Å²) in [6, 6.07) is 4.61. The van der Waals surface area contributed by atoms with Crippen molar-refractivity contribution in [2.24, 2.45) is 5.92 Å². The van der Waals surface area contributed by atoms with Crippen LogP contribution in [0, 0.1) is 5.92 Å². The molecule has 2 heterocycles. The fraction of sp³-hybridized carbons (Fsp3) is 0.667. The monoisotopic (exact) mass is 298 g/mol. The first-order chi connectivity index (χ1) is 9.24. The molecule has 4 heteroatoms. The van der Waals surface area contributed by atoms with E-state index in [4.69, 9.17) is 23.2 Å². The topological polar surface area (TPSA) is 16.1 Å². The summed E-state index contributed by atoms with van der Waals surface area (Å²) in [7, 11) is 0. The van der Waals surface area contributed by atoms with Crippen LogP contribution in [-0.2, 0) is 6.54 Å². The van der Waals surface area contributed by atoms with Crippen LogP contribution < -0.4 is 0 Å². The van der Waals surface area contributed by atoms with Gasteiger partial charge in [0.15, 0.2) is 0 Å². The standard InChI is InChI=1S/C15H20Cl2N2/c16-14-8-7-12(15(17)18-14)10-19-9-3-6-13(19)11-4-1-2-5-11/h7-8,11,13H,1-6,9-10H2. The minimum atomic E-state index is 0.475. The predicted octanol–water partition coefficient (Wildman–Crippen LogP) is 4.54. The van der Waals surface area contributed by atoms with Crippen molar-refractivity contribution in [2.45, 2.75) is 51.1 Å². The van der Waals surface area contributed by atoms with Gasteiger partial charge in [0.1, 0.15) is 10.3 Å². The van der Waals surface area contributed by atoms with E-state index in [-0.39, 0.29) is 0 Å². The van der Waals surface area contributed by atoms with Crippen molar-refractivity contribution in [1.82, 2.24) is 9.88 Å². The van der Waals surface area contributed by atoms with Gasteiger partial charge >= 0.3 is 0 Å². The molecule has 2 nitrogen and oxygen atoms in total.